The quantitative estimate of drug-likeness (QED) is 0.262. The number of alkyl halides is 3. The second-order valence-corrected chi connectivity index (χ2v) is 5.02. The third-order valence-corrected chi connectivity index (χ3v) is 3.16. The van der Waals surface area contributed by atoms with Crippen molar-refractivity contribution in [2.75, 3.05) is 5.43 Å². The van der Waals surface area contributed by atoms with Crippen molar-refractivity contribution in [2.24, 2.45) is 5.10 Å². The standard InChI is InChI=1S/C16H13F4N3O3/c1-2-15(23(24)25)22-21-11-6-7-14(13(17)9-11)26-12-5-3-4-10(8-12)16(18,19)20/h3-9,21H,2H2,1H3. The molecular formula is C16H13F4N3O3. The number of nitrogens with zero attached hydrogens (tertiary/aromatic N) is 2. The lowest BCUT2D eigenvalue weighted by Crippen LogP contribution is -2.12. The number of hydrazone groups is 1. The van der Waals surface area contributed by atoms with Gasteiger partial charge in [0.15, 0.2) is 11.6 Å². The van der Waals surface area contributed by atoms with Crippen molar-refractivity contribution in [2.45, 2.75) is 19.5 Å². The van der Waals surface area contributed by atoms with E-state index in [1.165, 1.54) is 25.1 Å². The Morgan fingerprint density at radius 2 is 2.00 bits per heavy atom. The number of anilines is 1. The fourth-order valence-electron chi connectivity index (χ4n) is 1.89. The molecule has 0 atom stereocenters. The molecule has 138 valence electrons. The zero-order valence-corrected chi connectivity index (χ0v) is 13.4. The number of nitrogens with one attached hydrogen (secondary N) is 1. The molecule has 0 fully saturated rings. The van der Waals surface area contributed by atoms with E-state index in [2.05, 4.69) is 10.5 Å². The largest absolute Gasteiger partial charge is 0.454 e. The normalized spacial score (nSPS) is 12.0. The molecule has 2 rings (SSSR count). The molecule has 0 bridgehead atoms. The number of halogens is 4. The van der Waals surface area contributed by atoms with Crippen molar-refractivity contribution in [3.05, 3.63) is 64.0 Å². The number of hydrogen-bond donors (Lipinski definition) is 1. The first-order valence-electron chi connectivity index (χ1n) is 7.32. The first kappa shape index (κ1) is 19.2. The molecular weight excluding hydrogens is 358 g/mol. The zero-order chi connectivity index (χ0) is 19.3. The Balaban J connectivity index is 2.17. The Bertz CT molecular complexity index is 838. The van der Waals surface area contributed by atoms with Crippen LogP contribution >= 0.6 is 0 Å². The predicted octanol–water partition coefficient (Wildman–Crippen LogP) is 5.05. The molecule has 0 aliphatic carbocycles. The maximum Gasteiger partial charge on any atom is 0.416 e. The van der Waals surface area contributed by atoms with Gasteiger partial charge in [-0.15, -0.1) is 0 Å². The van der Waals surface area contributed by atoms with E-state index in [0.717, 1.165) is 24.3 Å². The molecule has 0 spiro atoms. The minimum Gasteiger partial charge on any atom is -0.454 e. The number of hydrogen-bond acceptors (Lipinski definition) is 5. The van der Waals surface area contributed by atoms with Gasteiger partial charge >= 0.3 is 12.0 Å². The Labute approximate surface area is 145 Å². The van der Waals surface area contributed by atoms with Crippen LogP contribution in [-0.4, -0.2) is 10.8 Å². The first-order chi connectivity index (χ1) is 12.2. The van der Waals surface area contributed by atoms with Crippen LogP contribution in [0.15, 0.2) is 47.6 Å². The minimum absolute atomic E-state index is 0.0687. The summed E-state index contributed by atoms with van der Waals surface area (Å²) in [5.41, 5.74) is 1.54. The molecule has 0 aromatic heterocycles. The molecule has 0 saturated carbocycles. The number of ether oxygens (including phenoxy) is 1. The molecule has 0 heterocycles. The Kier molecular flexibility index (Phi) is 5.75. The maximum atomic E-state index is 14.1. The van der Waals surface area contributed by atoms with Crippen molar-refractivity contribution in [1.82, 2.24) is 0 Å². The lowest BCUT2D eigenvalue weighted by Gasteiger charge is -2.10. The van der Waals surface area contributed by atoms with Crippen LogP contribution in [0.25, 0.3) is 0 Å². The summed E-state index contributed by atoms with van der Waals surface area (Å²) in [6.07, 6.45) is -4.48. The van der Waals surface area contributed by atoms with Crippen molar-refractivity contribution < 1.29 is 27.2 Å². The molecule has 0 unspecified atom stereocenters. The van der Waals surface area contributed by atoms with E-state index in [1.807, 2.05) is 0 Å². The monoisotopic (exact) mass is 371 g/mol. The van der Waals surface area contributed by atoms with E-state index in [-0.39, 0.29) is 29.4 Å². The van der Waals surface area contributed by atoms with E-state index < -0.39 is 22.5 Å². The van der Waals surface area contributed by atoms with E-state index >= 15 is 0 Å². The summed E-state index contributed by atoms with van der Waals surface area (Å²) in [5, 5.41) is 14.2. The van der Waals surface area contributed by atoms with Gasteiger partial charge in [-0.3, -0.25) is 0 Å². The van der Waals surface area contributed by atoms with Gasteiger partial charge < -0.3 is 14.9 Å². The van der Waals surface area contributed by atoms with Crippen LogP contribution in [0.2, 0.25) is 0 Å². The highest BCUT2D eigenvalue weighted by Gasteiger charge is 2.30. The van der Waals surface area contributed by atoms with Crippen LogP contribution in [0.1, 0.15) is 18.9 Å². The van der Waals surface area contributed by atoms with Crippen LogP contribution in [0, 0.1) is 15.9 Å². The topological polar surface area (TPSA) is 76.8 Å². The first-order valence-corrected chi connectivity index (χ1v) is 7.32. The molecule has 2 aromatic rings. The highest BCUT2D eigenvalue weighted by molar-refractivity contribution is 5.74. The predicted molar refractivity (Wildman–Crippen MR) is 86.3 cm³/mol. The van der Waals surface area contributed by atoms with Gasteiger partial charge in [0.25, 0.3) is 0 Å². The van der Waals surface area contributed by atoms with Gasteiger partial charge in [0.2, 0.25) is 0 Å². The molecule has 0 saturated heterocycles. The van der Waals surface area contributed by atoms with Gasteiger partial charge in [-0.1, -0.05) is 13.0 Å². The van der Waals surface area contributed by atoms with E-state index in [0.29, 0.717) is 0 Å². The number of rotatable bonds is 5. The summed E-state index contributed by atoms with van der Waals surface area (Å²) in [6.45, 7) is 1.54. The second kappa shape index (κ2) is 7.81. The van der Waals surface area contributed by atoms with Crippen LogP contribution in [0.4, 0.5) is 23.2 Å². The van der Waals surface area contributed by atoms with Crippen LogP contribution in [0.3, 0.4) is 0 Å². The molecule has 0 amide bonds. The summed E-state index contributed by atoms with van der Waals surface area (Å²) in [4.78, 5) is 9.96. The second-order valence-electron chi connectivity index (χ2n) is 5.02. The Morgan fingerprint density at radius 1 is 1.27 bits per heavy atom. The van der Waals surface area contributed by atoms with E-state index in [4.69, 9.17) is 4.74 Å². The summed E-state index contributed by atoms with van der Waals surface area (Å²) in [7, 11) is 0. The average Bonchev–Trinajstić information content (AvgIpc) is 2.57. The third kappa shape index (κ3) is 4.91. The van der Waals surface area contributed by atoms with Gasteiger partial charge in [-0.2, -0.15) is 18.6 Å². The van der Waals surface area contributed by atoms with Gasteiger partial charge in [-0.25, -0.2) is 4.39 Å². The number of benzene rings is 2. The summed E-state index contributed by atoms with van der Waals surface area (Å²) >= 11 is 0. The van der Waals surface area contributed by atoms with Crippen molar-refractivity contribution in [1.29, 1.82) is 0 Å². The van der Waals surface area contributed by atoms with Crippen LogP contribution < -0.4 is 10.2 Å². The van der Waals surface area contributed by atoms with Gasteiger partial charge in [-0.05, 0) is 35.3 Å². The fraction of sp³-hybridized carbons (Fsp3) is 0.188. The Hall–Kier alpha value is -3.17. The number of nitro groups is 1. The lowest BCUT2D eigenvalue weighted by molar-refractivity contribution is -0.353. The van der Waals surface area contributed by atoms with Crippen molar-refractivity contribution >= 4 is 11.5 Å². The minimum atomic E-state index is -4.54. The van der Waals surface area contributed by atoms with Crippen molar-refractivity contribution in [3.8, 4) is 11.5 Å². The SMILES string of the molecule is CCC(=NNc1ccc(Oc2cccc(C(F)(F)F)c2)c(F)c1)[N+](=O)[O-]. The van der Waals surface area contributed by atoms with Gasteiger partial charge in [0.05, 0.1) is 22.8 Å². The summed E-state index contributed by atoms with van der Waals surface area (Å²) in [6, 6.07) is 7.48. The van der Waals surface area contributed by atoms with Crippen LogP contribution in [0.5, 0.6) is 11.5 Å². The van der Waals surface area contributed by atoms with Gasteiger partial charge in [0, 0.05) is 6.07 Å². The molecule has 0 aliphatic rings. The summed E-state index contributed by atoms with van der Waals surface area (Å²) < 4.78 is 57.2. The molecule has 0 aliphatic heterocycles. The lowest BCUT2D eigenvalue weighted by atomic mass is 10.2. The van der Waals surface area contributed by atoms with Crippen molar-refractivity contribution in [3.63, 3.8) is 0 Å². The highest BCUT2D eigenvalue weighted by atomic mass is 19.4. The fourth-order valence-corrected chi connectivity index (χ4v) is 1.89. The highest BCUT2D eigenvalue weighted by Crippen LogP contribution is 2.33. The molecule has 26 heavy (non-hydrogen) atoms. The maximum absolute atomic E-state index is 14.1. The molecule has 10 heteroatoms. The third-order valence-electron chi connectivity index (χ3n) is 3.16. The van der Waals surface area contributed by atoms with E-state index in [1.54, 1.807) is 0 Å². The van der Waals surface area contributed by atoms with E-state index in [9.17, 15) is 27.7 Å². The molecule has 0 radical (unpaired) electrons. The average molecular weight is 371 g/mol. The van der Waals surface area contributed by atoms with Crippen LogP contribution in [-0.2, 0) is 6.18 Å². The molecule has 2 aromatic carbocycles. The zero-order valence-electron chi connectivity index (χ0n) is 13.4. The number of amidine groups is 1. The van der Waals surface area contributed by atoms with Gasteiger partial charge in [0.1, 0.15) is 5.75 Å². The molecule has 1 N–H and O–H groups in total. The summed E-state index contributed by atoms with van der Waals surface area (Å²) in [5.74, 6) is -1.70. The molecule has 6 nitrogen and oxygen atoms in total. The Morgan fingerprint density at radius 3 is 2.58 bits per heavy atom. The smallest absolute Gasteiger partial charge is 0.416 e.